The predicted molar refractivity (Wildman–Crippen MR) is 80.7 cm³/mol. The summed E-state index contributed by atoms with van der Waals surface area (Å²) in [5, 5.41) is 14.1. The van der Waals surface area contributed by atoms with Gasteiger partial charge in [-0.25, -0.2) is 4.68 Å². The summed E-state index contributed by atoms with van der Waals surface area (Å²) in [6.45, 7) is 6.01. The van der Waals surface area contributed by atoms with Crippen molar-refractivity contribution in [3.8, 4) is 5.75 Å². The largest absolute Gasteiger partial charge is 0.491 e. The molecule has 0 amide bonds. The Kier molecular flexibility index (Phi) is 4.75. The van der Waals surface area contributed by atoms with E-state index in [9.17, 15) is 9.90 Å². The Morgan fingerprint density at radius 1 is 1.24 bits per heavy atom. The van der Waals surface area contributed by atoms with Crippen LogP contribution in [-0.4, -0.2) is 27.6 Å². The number of rotatable bonds is 5. The van der Waals surface area contributed by atoms with Crippen LogP contribution in [0.3, 0.4) is 0 Å². The Morgan fingerprint density at radius 2 is 2.00 bits per heavy atom. The monoisotopic (exact) mass is 288 g/mol. The van der Waals surface area contributed by atoms with Crippen molar-refractivity contribution in [2.24, 2.45) is 0 Å². The molecule has 0 saturated carbocycles. The molecule has 1 aromatic heterocycles. The molecule has 1 unspecified atom stereocenters. The van der Waals surface area contributed by atoms with Gasteiger partial charge in [-0.05, 0) is 38.5 Å². The minimum atomic E-state index is -0.794. The number of benzene rings is 1. The summed E-state index contributed by atoms with van der Waals surface area (Å²) in [6.07, 6.45) is -0.794. The first-order valence-electron chi connectivity index (χ1n) is 6.88. The van der Waals surface area contributed by atoms with E-state index in [1.807, 2.05) is 32.0 Å². The third-order valence-corrected chi connectivity index (χ3v) is 3.15. The molecule has 1 aromatic carbocycles. The maximum atomic E-state index is 11.6. The van der Waals surface area contributed by atoms with Crippen molar-refractivity contribution in [1.82, 2.24) is 9.78 Å². The lowest BCUT2D eigenvalue weighted by atomic mass is 10.1. The van der Waals surface area contributed by atoms with Crippen molar-refractivity contribution in [2.75, 3.05) is 6.61 Å². The maximum absolute atomic E-state index is 11.6. The van der Waals surface area contributed by atoms with Gasteiger partial charge in [-0.2, -0.15) is 5.10 Å². The highest BCUT2D eigenvalue weighted by Gasteiger charge is 2.10. The molecule has 0 saturated heterocycles. The first kappa shape index (κ1) is 15.3. The fourth-order valence-electron chi connectivity index (χ4n) is 2.08. The molecule has 0 aliphatic rings. The lowest BCUT2D eigenvalue weighted by Gasteiger charge is -2.15. The number of hydrogen-bond acceptors (Lipinski definition) is 4. The number of aromatic nitrogens is 2. The first-order valence-corrected chi connectivity index (χ1v) is 6.88. The van der Waals surface area contributed by atoms with Gasteiger partial charge in [0, 0.05) is 6.07 Å². The molecule has 0 fully saturated rings. The summed E-state index contributed by atoms with van der Waals surface area (Å²) in [5.41, 5.74) is 2.69. The van der Waals surface area contributed by atoms with Crippen molar-refractivity contribution in [3.63, 3.8) is 0 Å². The van der Waals surface area contributed by atoms with Gasteiger partial charge >= 0.3 is 0 Å². The molecular formula is C16H20N2O3. The Labute approximate surface area is 123 Å². The lowest BCUT2D eigenvalue weighted by Crippen LogP contribution is -2.31. The van der Waals surface area contributed by atoms with E-state index in [-0.39, 0.29) is 18.7 Å². The Balaban J connectivity index is 1.97. The van der Waals surface area contributed by atoms with Gasteiger partial charge in [0.2, 0.25) is 0 Å². The summed E-state index contributed by atoms with van der Waals surface area (Å²) in [5.74, 6) is 0.740. The van der Waals surface area contributed by atoms with Crippen LogP contribution >= 0.6 is 0 Å². The number of aliphatic hydroxyl groups excluding tert-OH is 1. The van der Waals surface area contributed by atoms with E-state index in [1.165, 1.54) is 10.7 Å². The summed E-state index contributed by atoms with van der Waals surface area (Å²) in [4.78, 5) is 11.6. The molecule has 2 rings (SSSR count). The molecular weight excluding hydrogens is 268 g/mol. The molecule has 0 radical (unpaired) electrons. The van der Waals surface area contributed by atoms with E-state index in [1.54, 1.807) is 13.0 Å². The van der Waals surface area contributed by atoms with Gasteiger partial charge in [-0.1, -0.05) is 17.7 Å². The van der Waals surface area contributed by atoms with Crippen LogP contribution in [0.4, 0.5) is 0 Å². The number of aryl methyl sites for hydroxylation is 3. The van der Waals surface area contributed by atoms with Crippen LogP contribution in [-0.2, 0) is 6.54 Å². The van der Waals surface area contributed by atoms with Crippen molar-refractivity contribution < 1.29 is 9.84 Å². The normalized spacial score (nSPS) is 12.2. The van der Waals surface area contributed by atoms with Gasteiger partial charge in [0.1, 0.15) is 18.5 Å². The van der Waals surface area contributed by atoms with Gasteiger partial charge in [-0.3, -0.25) is 4.79 Å². The van der Waals surface area contributed by atoms with E-state index in [2.05, 4.69) is 5.10 Å². The van der Waals surface area contributed by atoms with Crippen molar-refractivity contribution in [1.29, 1.82) is 0 Å². The Bertz CT molecular complexity index is 679. The van der Waals surface area contributed by atoms with Gasteiger partial charge in [-0.15, -0.1) is 0 Å². The summed E-state index contributed by atoms with van der Waals surface area (Å²) in [6, 6.07) is 8.96. The van der Waals surface area contributed by atoms with E-state index < -0.39 is 6.10 Å². The van der Waals surface area contributed by atoms with Gasteiger partial charge in [0.15, 0.2) is 0 Å². The van der Waals surface area contributed by atoms with Gasteiger partial charge in [0.25, 0.3) is 5.56 Å². The molecule has 0 aliphatic heterocycles. The number of aliphatic hydroxyl groups is 1. The molecule has 5 heteroatoms. The molecule has 5 nitrogen and oxygen atoms in total. The number of nitrogens with zero attached hydrogens (tertiary/aromatic N) is 2. The lowest BCUT2D eigenvalue weighted by molar-refractivity contribution is 0.0875. The fraction of sp³-hybridized carbons (Fsp3) is 0.375. The standard InChI is InChI=1S/C16H20N2O3/c1-11-4-6-15(12(2)8-11)21-10-14(19)9-18-16(20)7-5-13(3)17-18/h4-8,14,19H,9-10H2,1-3H3. The summed E-state index contributed by atoms with van der Waals surface area (Å²) in [7, 11) is 0. The average Bonchev–Trinajstić information content (AvgIpc) is 2.42. The van der Waals surface area contributed by atoms with E-state index in [0.717, 1.165) is 22.6 Å². The fourth-order valence-corrected chi connectivity index (χ4v) is 2.08. The molecule has 0 spiro atoms. The molecule has 1 atom stereocenters. The topological polar surface area (TPSA) is 64.3 Å². The van der Waals surface area contributed by atoms with Crippen LogP contribution in [0, 0.1) is 20.8 Å². The number of hydrogen-bond donors (Lipinski definition) is 1. The van der Waals surface area contributed by atoms with E-state index in [0.29, 0.717) is 0 Å². The zero-order valence-corrected chi connectivity index (χ0v) is 12.5. The molecule has 1 heterocycles. The van der Waals surface area contributed by atoms with Crippen LogP contribution < -0.4 is 10.3 Å². The molecule has 2 aromatic rings. The van der Waals surface area contributed by atoms with E-state index in [4.69, 9.17) is 4.74 Å². The Morgan fingerprint density at radius 3 is 2.71 bits per heavy atom. The summed E-state index contributed by atoms with van der Waals surface area (Å²) >= 11 is 0. The van der Waals surface area contributed by atoms with Crippen LogP contribution in [0.15, 0.2) is 35.1 Å². The first-order chi connectivity index (χ1) is 9.95. The average molecular weight is 288 g/mol. The van der Waals surface area contributed by atoms with Crippen LogP contribution in [0.25, 0.3) is 0 Å². The van der Waals surface area contributed by atoms with E-state index >= 15 is 0 Å². The van der Waals surface area contributed by atoms with Gasteiger partial charge < -0.3 is 9.84 Å². The van der Waals surface area contributed by atoms with Crippen LogP contribution in [0.2, 0.25) is 0 Å². The van der Waals surface area contributed by atoms with Crippen molar-refractivity contribution in [3.05, 3.63) is 57.5 Å². The molecule has 112 valence electrons. The second-order valence-electron chi connectivity index (χ2n) is 5.23. The second kappa shape index (κ2) is 6.54. The Hall–Kier alpha value is -2.14. The third-order valence-electron chi connectivity index (χ3n) is 3.15. The zero-order valence-electron chi connectivity index (χ0n) is 12.5. The zero-order chi connectivity index (χ0) is 15.4. The predicted octanol–water partition coefficient (Wildman–Crippen LogP) is 1.61. The minimum absolute atomic E-state index is 0.116. The molecule has 1 N–H and O–H groups in total. The van der Waals surface area contributed by atoms with Crippen molar-refractivity contribution >= 4 is 0 Å². The SMILES string of the molecule is Cc1ccc(OCC(O)Cn2nc(C)ccc2=O)c(C)c1. The highest BCUT2D eigenvalue weighted by Crippen LogP contribution is 2.18. The van der Waals surface area contributed by atoms with Crippen LogP contribution in [0.5, 0.6) is 5.75 Å². The minimum Gasteiger partial charge on any atom is -0.491 e. The molecule has 21 heavy (non-hydrogen) atoms. The van der Waals surface area contributed by atoms with Crippen LogP contribution in [0.1, 0.15) is 16.8 Å². The molecule has 0 aliphatic carbocycles. The quantitative estimate of drug-likeness (QED) is 0.908. The third kappa shape index (κ3) is 4.16. The smallest absolute Gasteiger partial charge is 0.266 e. The second-order valence-corrected chi connectivity index (χ2v) is 5.23. The maximum Gasteiger partial charge on any atom is 0.266 e. The highest BCUT2D eigenvalue weighted by atomic mass is 16.5. The van der Waals surface area contributed by atoms with Gasteiger partial charge in [0.05, 0.1) is 12.2 Å². The highest BCUT2D eigenvalue weighted by molar-refractivity contribution is 5.35. The summed E-state index contributed by atoms with van der Waals surface area (Å²) < 4.78 is 6.86. The number of ether oxygens (including phenoxy) is 1. The molecule has 0 bridgehead atoms. The van der Waals surface area contributed by atoms with Crippen molar-refractivity contribution in [2.45, 2.75) is 33.4 Å².